The van der Waals surface area contributed by atoms with E-state index >= 15 is 0 Å². The van der Waals surface area contributed by atoms with Crippen LogP contribution in [-0.4, -0.2) is 32.9 Å². The van der Waals surface area contributed by atoms with E-state index in [1.54, 1.807) is 18.2 Å². The van der Waals surface area contributed by atoms with Crippen molar-refractivity contribution in [1.29, 1.82) is 0 Å². The Kier molecular flexibility index (Phi) is 6.21. The van der Waals surface area contributed by atoms with Crippen molar-refractivity contribution in [2.45, 2.75) is 24.8 Å². The third-order valence-electron chi connectivity index (χ3n) is 2.75. The van der Waals surface area contributed by atoms with Gasteiger partial charge in [0.2, 0.25) is 10.0 Å². The fourth-order valence-electron chi connectivity index (χ4n) is 1.84. The second-order valence-corrected chi connectivity index (χ2v) is 6.26. The van der Waals surface area contributed by atoms with E-state index in [1.165, 1.54) is 4.31 Å². The molecule has 4 nitrogen and oxygen atoms in total. The minimum Gasteiger partial charge on any atom is -0.316 e. The zero-order valence-electron chi connectivity index (χ0n) is 11.6. The van der Waals surface area contributed by atoms with Gasteiger partial charge >= 0.3 is 0 Å². The van der Waals surface area contributed by atoms with E-state index in [2.05, 4.69) is 11.9 Å². The largest absolute Gasteiger partial charge is 0.316 e. The summed E-state index contributed by atoms with van der Waals surface area (Å²) in [5.41, 5.74) is 1.06. The van der Waals surface area contributed by atoms with Gasteiger partial charge in [-0.2, -0.15) is 4.31 Å². The molecule has 0 aliphatic heterocycles. The first-order valence-corrected chi connectivity index (χ1v) is 7.84. The van der Waals surface area contributed by atoms with Gasteiger partial charge in [0.1, 0.15) is 0 Å². The van der Waals surface area contributed by atoms with E-state index in [1.807, 2.05) is 26.1 Å². The molecule has 0 bridgehead atoms. The molecule has 0 amide bonds. The molecule has 1 N–H and O–H groups in total. The molecule has 0 aromatic heterocycles. The molecule has 0 spiro atoms. The third-order valence-corrected chi connectivity index (χ3v) is 4.63. The van der Waals surface area contributed by atoms with E-state index < -0.39 is 10.0 Å². The van der Waals surface area contributed by atoms with Gasteiger partial charge in [0, 0.05) is 19.6 Å². The Balaban J connectivity index is 3.00. The summed E-state index contributed by atoms with van der Waals surface area (Å²) in [5, 5.41) is 3.03. The SMILES string of the molecule is C=CCN(CCC)S(=O)(=O)c1ccc(CNC)cc1. The molecule has 1 rings (SSSR count). The predicted molar refractivity (Wildman–Crippen MR) is 78.5 cm³/mol. The Labute approximate surface area is 116 Å². The van der Waals surface area contributed by atoms with Crippen LogP contribution in [0.2, 0.25) is 0 Å². The molecule has 5 heteroatoms. The smallest absolute Gasteiger partial charge is 0.243 e. The molecule has 0 fully saturated rings. The summed E-state index contributed by atoms with van der Waals surface area (Å²) in [6.45, 7) is 7.15. The van der Waals surface area contributed by atoms with E-state index in [0.717, 1.165) is 18.5 Å². The van der Waals surface area contributed by atoms with Gasteiger partial charge in [-0.15, -0.1) is 6.58 Å². The number of nitrogens with zero attached hydrogens (tertiary/aromatic N) is 1. The van der Waals surface area contributed by atoms with Crippen LogP contribution in [0, 0.1) is 0 Å². The summed E-state index contributed by atoms with van der Waals surface area (Å²) in [6, 6.07) is 6.99. The first-order valence-electron chi connectivity index (χ1n) is 6.40. The lowest BCUT2D eigenvalue weighted by atomic mass is 10.2. The van der Waals surface area contributed by atoms with Gasteiger partial charge in [-0.3, -0.25) is 0 Å². The lowest BCUT2D eigenvalue weighted by Gasteiger charge is -2.20. The molecule has 0 unspecified atom stereocenters. The molecule has 106 valence electrons. The van der Waals surface area contributed by atoms with Crippen molar-refractivity contribution in [1.82, 2.24) is 9.62 Å². The zero-order valence-corrected chi connectivity index (χ0v) is 12.4. The Morgan fingerprint density at radius 2 is 1.95 bits per heavy atom. The number of sulfonamides is 1. The van der Waals surface area contributed by atoms with Crippen LogP contribution in [-0.2, 0) is 16.6 Å². The molecule has 1 aromatic carbocycles. The second-order valence-electron chi connectivity index (χ2n) is 4.33. The molecule has 0 atom stereocenters. The number of rotatable bonds is 8. The van der Waals surface area contributed by atoms with Crippen molar-refractivity contribution in [2.24, 2.45) is 0 Å². The normalized spacial score (nSPS) is 11.7. The standard InChI is InChI=1S/C14H22N2O2S/c1-4-10-16(11-5-2)19(17,18)14-8-6-13(7-9-14)12-15-3/h4,6-9,15H,1,5,10-12H2,2-3H3. The molecule has 1 aromatic rings. The highest BCUT2D eigenvalue weighted by molar-refractivity contribution is 7.89. The van der Waals surface area contributed by atoms with Crippen molar-refractivity contribution >= 4 is 10.0 Å². The van der Waals surface area contributed by atoms with Crippen molar-refractivity contribution in [2.75, 3.05) is 20.1 Å². The maximum atomic E-state index is 12.4. The minimum atomic E-state index is -3.42. The fourth-order valence-corrected chi connectivity index (χ4v) is 3.34. The highest BCUT2D eigenvalue weighted by atomic mass is 32.2. The molecule has 0 aliphatic carbocycles. The maximum absolute atomic E-state index is 12.4. The quantitative estimate of drug-likeness (QED) is 0.742. The third kappa shape index (κ3) is 4.16. The zero-order chi connectivity index (χ0) is 14.3. The molecule has 0 radical (unpaired) electrons. The van der Waals surface area contributed by atoms with E-state index in [0.29, 0.717) is 18.0 Å². The number of benzene rings is 1. The van der Waals surface area contributed by atoms with Gasteiger partial charge in [-0.05, 0) is 31.2 Å². The first-order chi connectivity index (χ1) is 9.06. The molecular weight excluding hydrogens is 260 g/mol. The first kappa shape index (κ1) is 15.9. The lowest BCUT2D eigenvalue weighted by Crippen LogP contribution is -2.32. The minimum absolute atomic E-state index is 0.336. The van der Waals surface area contributed by atoms with Crippen LogP contribution in [0.1, 0.15) is 18.9 Å². The van der Waals surface area contributed by atoms with Gasteiger partial charge in [0.25, 0.3) is 0 Å². The van der Waals surface area contributed by atoms with Crippen LogP contribution < -0.4 is 5.32 Å². The number of hydrogen-bond acceptors (Lipinski definition) is 3. The average Bonchev–Trinajstić information content (AvgIpc) is 2.39. The topological polar surface area (TPSA) is 49.4 Å². The van der Waals surface area contributed by atoms with Crippen molar-refractivity contribution < 1.29 is 8.42 Å². The molecule has 0 heterocycles. The highest BCUT2D eigenvalue weighted by Crippen LogP contribution is 2.16. The van der Waals surface area contributed by atoms with Crippen LogP contribution in [0.3, 0.4) is 0 Å². The van der Waals surface area contributed by atoms with Crippen molar-refractivity contribution in [3.05, 3.63) is 42.5 Å². The molecule has 0 saturated heterocycles. The number of hydrogen-bond donors (Lipinski definition) is 1. The van der Waals surface area contributed by atoms with Crippen LogP contribution in [0.25, 0.3) is 0 Å². The van der Waals surface area contributed by atoms with Gasteiger partial charge < -0.3 is 5.32 Å². The summed E-state index contributed by atoms with van der Waals surface area (Å²) in [5.74, 6) is 0. The Hall–Kier alpha value is -1.17. The Bertz CT molecular complexity index is 495. The summed E-state index contributed by atoms with van der Waals surface area (Å²) < 4.78 is 26.3. The Morgan fingerprint density at radius 1 is 1.32 bits per heavy atom. The van der Waals surface area contributed by atoms with Crippen LogP contribution >= 0.6 is 0 Å². The van der Waals surface area contributed by atoms with Gasteiger partial charge in [0.15, 0.2) is 0 Å². The Morgan fingerprint density at radius 3 is 2.42 bits per heavy atom. The summed E-state index contributed by atoms with van der Waals surface area (Å²) in [4.78, 5) is 0.336. The summed E-state index contributed by atoms with van der Waals surface area (Å²) >= 11 is 0. The molecule has 0 aliphatic rings. The lowest BCUT2D eigenvalue weighted by molar-refractivity contribution is 0.441. The molecule has 0 saturated carbocycles. The van der Waals surface area contributed by atoms with E-state index in [9.17, 15) is 8.42 Å². The van der Waals surface area contributed by atoms with E-state index in [-0.39, 0.29) is 0 Å². The summed E-state index contributed by atoms with van der Waals surface area (Å²) in [6.07, 6.45) is 2.40. The highest BCUT2D eigenvalue weighted by Gasteiger charge is 2.22. The van der Waals surface area contributed by atoms with Crippen LogP contribution in [0.15, 0.2) is 41.8 Å². The summed E-state index contributed by atoms with van der Waals surface area (Å²) in [7, 11) is -1.56. The molecule has 19 heavy (non-hydrogen) atoms. The van der Waals surface area contributed by atoms with Gasteiger partial charge in [-0.25, -0.2) is 8.42 Å². The molecular formula is C14H22N2O2S. The van der Waals surface area contributed by atoms with Crippen LogP contribution in [0.5, 0.6) is 0 Å². The average molecular weight is 282 g/mol. The van der Waals surface area contributed by atoms with Crippen molar-refractivity contribution in [3.8, 4) is 0 Å². The maximum Gasteiger partial charge on any atom is 0.243 e. The second kappa shape index (κ2) is 7.43. The van der Waals surface area contributed by atoms with E-state index in [4.69, 9.17) is 0 Å². The van der Waals surface area contributed by atoms with Crippen LogP contribution in [0.4, 0.5) is 0 Å². The van der Waals surface area contributed by atoms with Gasteiger partial charge in [-0.1, -0.05) is 25.1 Å². The fraction of sp³-hybridized carbons (Fsp3) is 0.429. The monoisotopic (exact) mass is 282 g/mol. The predicted octanol–water partition coefficient (Wildman–Crippen LogP) is 1.99. The van der Waals surface area contributed by atoms with Gasteiger partial charge in [0.05, 0.1) is 4.90 Å². The number of nitrogens with one attached hydrogen (secondary N) is 1. The van der Waals surface area contributed by atoms with Crippen molar-refractivity contribution in [3.63, 3.8) is 0 Å².